The van der Waals surface area contributed by atoms with Gasteiger partial charge < -0.3 is 33.8 Å². The molecule has 17 nitrogen and oxygen atoms in total. The van der Waals surface area contributed by atoms with Gasteiger partial charge in [0.2, 0.25) is 0 Å². The van der Waals surface area contributed by atoms with Crippen LogP contribution in [0.3, 0.4) is 0 Å². The smallest absolute Gasteiger partial charge is 0.462 e. The molecule has 0 heterocycles. The molecule has 0 saturated heterocycles. The van der Waals surface area contributed by atoms with Gasteiger partial charge in [-0.3, -0.25) is 37.3 Å². The molecule has 564 valence electrons. The third kappa shape index (κ3) is 70.6. The Kier molecular flexibility index (Phi) is 67.4. The van der Waals surface area contributed by atoms with Crippen molar-refractivity contribution >= 4 is 39.5 Å². The number of aliphatic hydroxyl groups excluding tert-OH is 1. The molecule has 3 N–H and O–H groups in total. The highest BCUT2D eigenvalue weighted by Crippen LogP contribution is 2.45. The van der Waals surface area contributed by atoms with E-state index in [1.54, 1.807) is 6.08 Å². The minimum absolute atomic E-state index is 0.0148. The van der Waals surface area contributed by atoms with Gasteiger partial charge in [-0.25, -0.2) is 9.13 Å². The molecule has 0 aliphatic carbocycles. The molecule has 0 aromatic rings. The molecule has 19 heteroatoms. The summed E-state index contributed by atoms with van der Waals surface area (Å²) >= 11 is 0. The zero-order chi connectivity index (χ0) is 73.2. The predicted molar refractivity (Wildman–Crippen MR) is 408 cm³/mol. The number of carbonyl (C=O) groups is 4. The molecular weight excluding hydrogens is 1310 g/mol. The summed E-state index contributed by atoms with van der Waals surface area (Å²) in [6.07, 6.45) is 85.2. The number of hydrogen-bond donors (Lipinski definition) is 3. The van der Waals surface area contributed by atoms with E-state index >= 15 is 0 Å². The maximum Gasteiger partial charge on any atom is 0.472 e. The molecule has 0 spiro atoms. The van der Waals surface area contributed by atoms with Gasteiger partial charge in [0.15, 0.2) is 12.2 Å². The van der Waals surface area contributed by atoms with E-state index < -0.39 is 97.5 Å². The topological polar surface area (TPSA) is 237 Å². The van der Waals surface area contributed by atoms with Crippen LogP contribution in [0.4, 0.5) is 0 Å². The summed E-state index contributed by atoms with van der Waals surface area (Å²) < 4.78 is 68.1. The van der Waals surface area contributed by atoms with E-state index in [1.807, 2.05) is 42.5 Å². The highest BCUT2D eigenvalue weighted by molar-refractivity contribution is 7.47. The zero-order valence-corrected chi connectivity index (χ0v) is 63.1. The summed E-state index contributed by atoms with van der Waals surface area (Å²) in [5.41, 5.74) is 0. The summed E-state index contributed by atoms with van der Waals surface area (Å²) in [7, 11) is -10.0. The summed E-state index contributed by atoms with van der Waals surface area (Å²) in [5, 5.41) is 10.6. The first-order valence-corrected chi connectivity index (χ1v) is 40.0. The fourth-order valence-corrected chi connectivity index (χ4v) is 10.5. The number of rotatable bonds is 67. The molecule has 0 saturated carbocycles. The van der Waals surface area contributed by atoms with Crippen molar-refractivity contribution in [1.29, 1.82) is 0 Å². The second-order valence-electron chi connectivity index (χ2n) is 23.8. The fourth-order valence-electron chi connectivity index (χ4n) is 8.90. The Morgan fingerprint density at radius 1 is 0.300 bits per heavy atom. The van der Waals surface area contributed by atoms with Gasteiger partial charge in [0.1, 0.15) is 19.3 Å². The number of esters is 4. The van der Waals surface area contributed by atoms with Crippen LogP contribution >= 0.6 is 15.6 Å². The molecule has 0 rings (SSSR count). The van der Waals surface area contributed by atoms with Gasteiger partial charge in [-0.05, 0) is 128 Å². The predicted octanol–water partition coefficient (Wildman–Crippen LogP) is 21.2. The Bertz CT molecular complexity index is 2620. The molecule has 100 heavy (non-hydrogen) atoms. The van der Waals surface area contributed by atoms with Crippen molar-refractivity contribution in [2.75, 3.05) is 39.6 Å². The van der Waals surface area contributed by atoms with Gasteiger partial charge in [-0.1, -0.05) is 274 Å². The molecule has 0 aliphatic heterocycles. The number of aliphatic hydroxyl groups is 1. The van der Waals surface area contributed by atoms with Crippen molar-refractivity contribution < 1.29 is 80.2 Å². The second-order valence-corrected chi connectivity index (χ2v) is 26.7. The maximum atomic E-state index is 13.1. The monoisotopic (exact) mass is 1430 g/mol. The lowest BCUT2D eigenvalue weighted by atomic mass is 10.1. The quantitative estimate of drug-likeness (QED) is 0.0169. The minimum Gasteiger partial charge on any atom is -0.462 e. The minimum atomic E-state index is -5.02. The number of hydrogen-bond acceptors (Lipinski definition) is 15. The normalized spacial score (nSPS) is 15.0. The van der Waals surface area contributed by atoms with E-state index in [0.29, 0.717) is 38.5 Å². The number of carbonyl (C=O) groups excluding carboxylic acids is 4. The largest absolute Gasteiger partial charge is 0.472 e. The fraction of sp³-hybridized carbons (Fsp3) is 0.580. The first-order valence-electron chi connectivity index (χ1n) is 37.0. The molecule has 0 aromatic heterocycles. The average Bonchev–Trinajstić information content (AvgIpc) is 0.953. The third-order valence-corrected chi connectivity index (χ3v) is 16.3. The van der Waals surface area contributed by atoms with Crippen LogP contribution in [0.15, 0.2) is 182 Å². The van der Waals surface area contributed by atoms with Crippen molar-refractivity contribution in [1.82, 2.24) is 0 Å². The lowest BCUT2D eigenvalue weighted by Gasteiger charge is -2.21. The van der Waals surface area contributed by atoms with E-state index in [0.717, 1.165) is 116 Å². The van der Waals surface area contributed by atoms with Crippen molar-refractivity contribution in [3.8, 4) is 0 Å². The van der Waals surface area contributed by atoms with Crippen molar-refractivity contribution in [3.63, 3.8) is 0 Å². The van der Waals surface area contributed by atoms with Gasteiger partial charge in [0.05, 0.1) is 32.8 Å². The lowest BCUT2D eigenvalue weighted by molar-refractivity contribution is -0.161. The highest BCUT2D eigenvalue weighted by Gasteiger charge is 2.30. The Morgan fingerprint density at radius 3 is 0.930 bits per heavy atom. The Morgan fingerprint density at radius 2 is 0.580 bits per heavy atom. The third-order valence-electron chi connectivity index (χ3n) is 14.4. The van der Waals surface area contributed by atoms with Gasteiger partial charge in [-0.15, -0.1) is 0 Å². The number of allylic oxidation sites excluding steroid dienone is 29. The van der Waals surface area contributed by atoms with Crippen LogP contribution in [0.1, 0.15) is 246 Å². The molecular formula is C81H128O17P2. The Labute approximate surface area is 603 Å². The van der Waals surface area contributed by atoms with E-state index in [1.165, 1.54) is 38.5 Å². The standard InChI is InChI=1S/C81H128O17P2/c1-5-9-13-17-21-25-29-32-35-36-37-38-41-43-47-50-54-58-62-66-79(84)91-71-76(97-80(85)67-63-59-55-51-45-28-24-20-16-12-8-4)73-95-99(87,88)93-69-75(82)70-94-100(89,90)96-74-77(98-81(86)68-64-60-56-52-48-44-40-34-31-27-23-19-15-11-7-3)72-92-78(83)65-61-57-53-49-46-42-39-33-30-26-22-18-14-10-6-2/h9-11,13-15,21-23,25-27,32-35,37-40,43,46-49,52,54,57-58,61,75-77,82H,5-8,12,16-20,24,28-31,36,41-42,44-45,50-51,53,55-56,59-60,62-74H2,1-4H3,(H,87,88)(H,89,90)/b13-9-,14-10-,15-11-,25-21-,26-22-,27-23-,35-32-,38-37-,39-33-,40-34-,47-43-,49-46-,52-48-,58-54-,61-57-. The first-order chi connectivity index (χ1) is 48.7. The van der Waals surface area contributed by atoms with Crippen LogP contribution in [0.25, 0.3) is 0 Å². The molecule has 0 radical (unpaired) electrons. The molecule has 0 aliphatic rings. The number of phosphoric acid groups is 2. The van der Waals surface area contributed by atoms with Crippen molar-refractivity contribution in [2.24, 2.45) is 0 Å². The molecule has 5 unspecified atom stereocenters. The zero-order valence-electron chi connectivity index (χ0n) is 61.3. The van der Waals surface area contributed by atoms with Crippen LogP contribution in [0.5, 0.6) is 0 Å². The van der Waals surface area contributed by atoms with Crippen molar-refractivity contribution in [3.05, 3.63) is 182 Å². The summed E-state index contributed by atoms with van der Waals surface area (Å²) in [6.45, 7) is 4.22. The van der Waals surface area contributed by atoms with Crippen LogP contribution in [-0.2, 0) is 65.4 Å². The van der Waals surface area contributed by atoms with Gasteiger partial charge in [0.25, 0.3) is 0 Å². The molecule has 0 amide bonds. The van der Waals surface area contributed by atoms with Gasteiger partial charge in [0, 0.05) is 19.3 Å². The molecule has 0 aromatic carbocycles. The molecule has 5 atom stereocenters. The van der Waals surface area contributed by atoms with Crippen LogP contribution < -0.4 is 0 Å². The van der Waals surface area contributed by atoms with E-state index in [-0.39, 0.29) is 25.7 Å². The first kappa shape index (κ1) is 94.2. The Hall–Kier alpha value is -5.84. The highest BCUT2D eigenvalue weighted by atomic mass is 31.2. The van der Waals surface area contributed by atoms with Crippen LogP contribution in [-0.4, -0.2) is 96.7 Å². The van der Waals surface area contributed by atoms with Gasteiger partial charge in [-0.2, -0.15) is 0 Å². The SMILES string of the molecule is CC/C=C\C/C=C\C/C=C\C/C=C\C/C=C\C/C=C\CCC(=O)OCC(COP(=O)(O)OCC(O)COP(=O)(O)OCC(COC(=O)C/C=C\C/C=C\C/C=C\C/C=C\C/C=C\CC)OC(=O)CCCC/C=C\C/C=C\C/C=C\C/C=C\CC)OC(=O)CCCCCCCCCCCCC. The van der Waals surface area contributed by atoms with Gasteiger partial charge >= 0.3 is 39.5 Å². The average molecular weight is 1440 g/mol. The summed E-state index contributed by atoms with van der Waals surface area (Å²) in [5.74, 6) is -2.49. The molecule has 0 bridgehead atoms. The molecule has 0 fully saturated rings. The summed E-state index contributed by atoms with van der Waals surface area (Å²) in [4.78, 5) is 72.6. The lowest BCUT2D eigenvalue weighted by Crippen LogP contribution is -2.30. The Balaban J connectivity index is 5.50. The number of unbranched alkanes of at least 4 members (excludes halogenated alkanes) is 12. The second kappa shape index (κ2) is 71.6. The van der Waals surface area contributed by atoms with Crippen LogP contribution in [0, 0.1) is 0 Å². The van der Waals surface area contributed by atoms with E-state index in [4.69, 9.17) is 37.0 Å². The number of phosphoric ester groups is 2. The summed E-state index contributed by atoms with van der Waals surface area (Å²) in [6, 6.07) is 0. The van der Waals surface area contributed by atoms with Crippen molar-refractivity contribution in [2.45, 2.75) is 264 Å². The van der Waals surface area contributed by atoms with Crippen LogP contribution in [0.2, 0.25) is 0 Å². The van der Waals surface area contributed by atoms with E-state index in [2.05, 4.69) is 161 Å². The van der Waals surface area contributed by atoms with E-state index in [9.17, 15) is 43.2 Å². The number of ether oxygens (including phenoxy) is 4. The maximum absolute atomic E-state index is 13.1.